The zero-order valence-electron chi connectivity index (χ0n) is 36.5. The molecule has 0 unspecified atom stereocenters. The van der Waals surface area contributed by atoms with Crippen molar-refractivity contribution in [1.82, 2.24) is 0 Å². The van der Waals surface area contributed by atoms with Crippen LogP contribution in [0.3, 0.4) is 0 Å². The molecule has 0 amide bonds. The zero-order chi connectivity index (χ0) is 44.2. The maximum absolute atomic E-state index is 6.79. The van der Waals surface area contributed by atoms with E-state index in [1.54, 1.807) is 0 Å². The van der Waals surface area contributed by atoms with Gasteiger partial charge in [0.1, 0.15) is 11.2 Å². The van der Waals surface area contributed by atoms with E-state index in [0.29, 0.717) is 0 Å². The minimum atomic E-state index is -0.105. The third-order valence-electron chi connectivity index (χ3n) is 14.9. The molecule has 8 heteroatoms. The lowest BCUT2D eigenvalue weighted by Crippen LogP contribution is -2.68. The molecule has 314 valence electrons. The third kappa shape index (κ3) is 4.84. The summed E-state index contributed by atoms with van der Waals surface area (Å²) < 4.78 is 6.79. The van der Waals surface area contributed by atoms with Crippen molar-refractivity contribution < 1.29 is 4.42 Å². The Hall–Kier alpha value is -8.32. The second-order valence-electron chi connectivity index (χ2n) is 18.4. The van der Waals surface area contributed by atoms with Crippen LogP contribution in [-0.2, 0) is 0 Å². The molecule has 0 bridgehead atoms. The number of para-hydroxylation sites is 7. The molecule has 0 aliphatic carbocycles. The molecule has 0 fully saturated rings. The third-order valence-corrected chi connectivity index (χ3v) is 16.1. The summed E-state index contributed by atoms with van der Waals surface area (Å²) in [6.45, 7) is -0.0984. The molecule has 68 heavy (non-hydrogen) atoms. The Morgan fingerprint density at radius 3 is 1.47 bits per heavy atom. The van der Waals surface area contributed by atoms with Crippen LogP contribution in [0.2, 0.25) is 0 Å². The van der Waals surface area contributed by atoms with Gasteiger partial charge in [-0.15, -0.1) is 0 Å². The average molecular weight is 883 g/mol. The van der Waals surface area contributed by atoms with Gasteiger partial charge in [0.25, 0.3) is 13.4 Å². The van der Waals surface area contributed by atoms with Crippen LogP contribution in [0.1, 0.15) is 0 Å². The molecule has 16 rings (SSSR count). The Labute approximate surface area is 398 Å². The lowest BCUT2D eigenvalue weighted by atomic mass is 9.28. The van der Waals surface area contributed by atoms with Crippen LogP contribution in [0.4, 0.5) is 68.2 Å². The van der Waals surface area contributed by atoms with E-state index in [1.165, 1.54) is 88.1 Å². The number of benzene rings is 10. The molecule has 5 nitrogen and oxygen atoms in total. The van der Waals surface area contributed by atoms with Crippen molar-refractivity contribution in [3.05, 3.63) is 218 Å². The van der Waals surface area contributed by atoms with Gasteiger partial charge in [-0.05, 0) is 118 Å². The molecule has 0 spiro atoms. The fourth-order valence-electron chi connectivity index (χ4n) is 12.3. The van der Waals surface area contributed by atoms with Gasteiger partial charge in [0, 0.05) is 83.5 Å². The van der Waals surface area contributed by atoms with Gasteiger partial charge in [0.05, 0.1) is 11.4 Å². The lowest BCUT2D eigenvalue weighted by Gasteiger charge is -2.51. The first-order valence-corrected chi connectivity index (χ1v) is 24.2. The molecular weight excluding hydrogens is 846 g/mol. The first-order chi connectivity index (χ1) is 33.8. The highest BCUT2D eigenvalue weighted by Gasteiger charge is 2.52. The zero-order valence-corrected chi connectivity index (χ0v) is 37.4. The van der Waals surface area contributed by atoms with E-state index in [2.05, 4.69) is 238 Å². The maximum Gasteiger partial charge on any atom is 0.252 e. The highest BCUT2D eigenvalue weighted by Crippen LogP contribution is 2.55. The van der Waals surface area contributed by atoms with Crippen molar-refractivity contribution in [3.63, 3.8) is 0 Å². The predicted molar refractivity (Wildman–Crippen MR) is 286 cm³/mol. The summed E-state index contributed by atoms with van der Waals surface area (Å²) in [4.78, 5) is 12.6. The molecule has 0 N–H and O–H groups in total. The summed E-state index contributed by atoms with van der Waals surface area (Å²) in [5, 5.41) is 2.27. The van der Waals surface area contributed by atoms with Gasteiger partial charge < -0.3 is 24.0 Å². The van der Waals surface area contributed by atoms with Crippen LogP contribution in [0, 0.1) is 0 Å². The summed E-state index contributed by atoms with van der Waals surface area (Å²) in [6.07, 6.45) is 0. The molecule has 5 aliphatic heterocycles. The fourth-order valence-corrected chi connectivity index (χ4v) is 13.4. The van der Waals surface area contributed by atoms with Crippen LogP contribution < -0.4 is 52.4 Å². The summed E-state index contributed by atoms with van der Waals surface area (Å²) in [5.41, 5.74) is 23.8. The summed E-state index contributed by atoms with van der Waals surface area (Å²) in [5.74, 6) is 0. The Morgan fingerprint density at radius 1 is 0.309 bits per heavy atom. The molecule has 1 aromatic heterocycles. The van der Waals surface area contributed by atoms with Crippen LogP contribution in [-0.4, -0.2) is 13.4 Å². The van der Waals surface area contributed by atoms with E-state index >= 15 is 0 Å². The minimum Gasteiger partial charge on any atom is -0.456 e. The SMILES string of the molecule is c1ccc(N2c3ccccc3Sc3cc4c(cc32)N(c2ccccc2)c2cc3c5c6c2B4c2cc4c(cc2N6c2ccccc2B5c2ccccc2N3c2ccccc2)oc2ccccc24)cc1. The Kier molecular flexibility index (Phi) is 7.39. The van der Waals surface area contributed by atoms with Crippen molar-refractivity contribution in [2.45, 2.75) is 9.79 Å². The quantitative estimate of drug-likeness (QED) is 0.164. The Bertz CT molecular complexity index is 3950. The van der Waals surface area contributed by atoms with E-state index in [4.69, 9.17) is 4.42 Å². The highest BCUT2D eigenvalue weighted by atomic mass is 32.2. The van der Waals surface area contributed by atoms with Crippen molar-refractivity contribution in [2.24, 2.45) is 0 Å². The van der Waals surface area contributed by atoms with Gasteiger partial charge in [0.15, 0.2) is 0 Å². The van der Waals surface area contributed by atoms with Gasteiger partial charge in [-0.3, -0.25) is 0 Å². The highest BCUT2D eigenvalue weighted by molar-refractivity contribution is 7.99. The van der Waals surface area contributed by atoms with Gasteiger partial charge in [-0.1, -0.05) is 139 Å². The molecule has 6 heterocycles. The van der Waals surface area contributed by atoms with Crippen molar-refractivity contribution >= 4 is 148 Å². The molecule has 0 saturated heterocycles. The normalized spacial score (nSPS) is 14.2. The van der Waals surface area contributed by atoms with Crippen LogP contribution in [0.15, 0.2) is 233 Å². The standard InChI is InChI=1S/C60H36B2N4OS/c1-4-18-37(19-5-1)63-46-27-13-11-25-42(46)61-43-26-12-14-28-47(43)66-50-36-55-41(40-24-10-16-30-54(40)67-55)32-44(50)62-45-33-57-51(64(38-20-6-2-7-21-38)48-29-15-17-31-56(48)68-57)34-49(45)65(39-22-8-3-9-23-39)53-35-52(63)58(61)60(66)59(53)62/h1-36H. The molecule has 0 radical (unpaired) electrons. The topological polar surface area (TPSA) is 26.1 Å². The van der Waals surface area contributed by atoms with Crippen molar-refractivity contribution in [3.8, 4) is 0 Å². The summed E-state index contributed by atoms with van der Waals surface area (Å²) in [7, 11) is 0. The first-order valence-electron chi connectivity index (χ1n) is 23.4. The van der Waals surface area contributed by atoms with Gasteiger partial charge in [-0.2, -0.15) is 0 Å². The van der Waals surface area contributed by atoms with E-state index in [1.807, 2.05) is 11.8 Å². The Morgan fingerprint density at radius 2 is 0.794 bits per heavy atom. The smallest absolute Gasteiger partial charge is 0.252 e. The molecule has 0 saturated carbocycles. The minimum absolute atomic E-state index is 0.00707. The number of hydrogen-bond acceptors (Lipinski definition) is 6. The number of hydrogen-bond donors (Lipinski definition) is 0. The molecule has 0 atom stereocenters. The van der Waals surface area contributed by atoms with Gasteiger partial charge >= 0.3 is 0 Å². The second-order valence-corrected chi connectivity index (χ2v) is 19.5. The van der Waals surface area contributed by atoms with Crippen LogP contribution in [0.25, 0.3) is 21.9 Å². The predicted octanol–water partition coefficient (Wildman–Crippen LogP) is 12.2. The summed E-state index contributed by atoms with van der Waals surface area (Å²) >= 11 is 1.88. The van der Waals surface area contributed by atoms with Crippen molar-refractivity contribution in [2.75, 3.05) is 19.6 Å². The number of fused-ring (bicyclic) bond motifs is 15. The van der Waals surface area contributed by atoms with Gasteiger partial charge in [-0.25, -0.2) is 0 Å². The molecule has 10 aromatic carbocycles. The van der Waals surface area contributed by atoms with Gasteiger partial charge in [0.2, 0.25) is 0 Å². The lowest BCUT2D eigenvalue weighted by molar-refractivity contribution is 0.669. The van der Waals surface area contributed by atoms with Crippen molar-refractivity contribution in [1.29, 1.82) is 0 Å². The largest absolute Gasteiger partial charge is 0.456 e. The van der Waals surface area contributed by atoms with Crippen LogP contribution >= 0.6 is 11.8 Å². The number of rotatable bonds is 3. The first kappa shape index (κ1) is 36.8. The van der Waals surface area contributed by atoms with E-state index < -0.39 is 0 Å². The fraction of sp³-hybridized carbons (Fsp3) is 0. The number of furan rings is 1. The van der Waals surface area contributed by atoms with E-state index in [-0.39, 0.29) is 13.4 Å². The maximum atomic E-state index is 6.79. The summed E-state index contributed by atoms with van der Waals surface area (Å²) in [6, 6.07) is 80.8. The van der Waals surface area contributed by atoms with E-state index in [0.717, 1.165) is 44.7 Å². The van der Waals surface area contributed by atoms with E-state index in [9.17, 15) is 0 Å². The number of nitrogens with zero attached hydrogens (tertiary/aromatic N) is 4. The second kappa shape index (κ2) is 13.6. The monoisotopic (exact) mass is 882 g/mol. The average Bonchev–Trinajstić information content (AvgIpc) is 3.77. The molecule has 11 aromatic rings. The molecule has 5 aliphatic rings. The number of anilines is 12. The Balaban J connectivity index is 1.08. The van der Waals surface area contributed by atoms with Crippen LogP contribution in [0.5, 0.6) is 0 Å². The molecular formula is C60H36B2N4OS.